The molecule has 0 heterocycles. The maximum absolute atomic E-state index is 13.0. The van der Waals surface area contributed by atoms with Gasteiger partial charge in [0.1, 0.15) is 18.2 Å². The smallest absolute Gasteiger partial charge is 0.321 e. The highest BCUT2D eigenvalue weighted by molar-refractivity contribution is 7.89. The van der Waals surface area contributed by atoms with Crippen LogP contribution in [-0.4, -0.2) is 33.3 Å². The predicted octanol–water partition coefficient (Wildman–Crippen LogP) is 1.67. The molecule has 0 aromatic heterocycles. The molecule has 9 heteroatoms. The fraction of sp³-hybridized carbons (Fsp3) is 0.125. The molecule has 1 N–H and O–H groups in total. The summed E-state index contributed by atoms with van der Waals surface area (Å²) in [6.45, 7) is -1.40. The Hall–Kier alpha value is -2.65. The van der Waals surface area contributed by atoms with Crippen molar-refractivity contribution >= 4 is 21.8 Å². The summed E-state index contributed by atoms with van der Waals surface area (Å²) in [6, 6.07) is 9.06. The molecule has 0 bridgehead atoms. The molecule has 0 spiro atoms. The number of hydrogen-bond donors (Lipinski definition) is 1. The summed E-state index contributed by atoms with van der Waals surface area (Å²) in [5.74, 6) is -3.00. The zero-order valence-electron chi connectivity index (χ0n) is 12.7. The van der Waals surface area contributed by atoms with Crippen LogP contribution in [0, 0.1) is 11.6 Å². The van der Waals surface area contributed by atoms with Crippen molar-refractivity contribution in [2.75, 3.05) is 13.2 Å². The molecule has 0 saturated carbocycles. The van der Waals surface area contributed by atoms with Gasteiger partial charge in [-0.1, -0.05) is 18.2 Å². The summed E-state index contributed by atoms with van der Waals surface area (Å²) < 4.78 is 56.4. The number of sulfonamides is 1. The highest BCUT2D eigenvalue weighted by Crippen LogP contribution is 2.10. The van der Waals surface area contributed by atoms with E-state index in [0.29, 0.717) is 0 Å². The fourth-order valence-electron chi connectivity index (χ4n) is 1.81. The first-order valence-corrected chi connectivity index (χ1v) is 8.46. The fourth-order valence-corrected chi connectivity index (χ4v) is 2.81. The predicted molar refractivity (Wildman–Crippen MR) is 83.3 cm³/mol. The van der Waals surface area contributed by atoms with Crippen LogP contribution in [-0.2, 0) is 19.6 Å². The number of nitrogens with one attached hydrogen (secondary N) is 1. The molecule has 0 aliphatic rings. The number of carbonyl (C=O) groups is 2. The first kappa shape index (κ1) is 18.7. The Morgan fingerprint density at radius 1 is 1.00 bits per heavy atom. The van der Waals surface area contributed by atoms with Gasteiger partial charge in [0.05, 0.1) is 4.90 Å². The lowest BCUT2D eigenvalue weighted by Gasteiger charge is -2.07. The first-order valence-electron chi connectivity index (χ1n) is 6.97. The second kappa shape index (κ2) is 7.95. The minimum atomic E-state index is -4.10. The number of halogens is 2. The van der Waals surface area contributed by atoms with Gasteiger partial charge in [0.2, 0.25) is 10.0 Å². The minimum Gasteiger partial charge on any atom is -0.456 e. The second-order valence-corrected chi connectivity index (χ2v) is 6.64. The maximum Gasteiger partial charge on any atom is 0.321 e. The average molecular weight is 369 g/mol. The van der Waals surface area contributed by atoms with Crippen LogP contribution in [0.3, 0.4) is 0 Å². The number of ketones is 1. The molecule has 0 atom stereocenters. The van der Waals surface area contributed by atoms with Gasteiger partial charge in [0.25, 0.3) is 0 Å². The van der Waals surface area contributed by atoms with E-state index in [1.807, 2.05) is 4.72 Å². The molecular formula is C16H13F2NO5S. The number of carbonyl (C=O) groups excluding carboxylic acids is 2. The van der Waals surface area contributed by atoms with Crippen molar-refractivity contribution in [3.05, 3.63) is 65.7 Å². The molecule has 2 rings (SSSR count). The van der Waals surface area contributed by atoms with E-state index in [1.165, 1.54) is 18.2 Å². The van der Waals surface area contributed by atoms with Crippen LogP contribution in [0.25, 0.3) is 0 Å². The number of esters is 1. The van der Waals surface area contributed by atoms with Crippen molar-refractivity contribution in [2.45, 2.75) is 4.90 Å². The number of rotatable bonds is 7. The molecular weight excluding hydrogens is 356 g/mol. The van der Waals surface area contributed by atoms with E-state index in [2.05, 4.69) is 4.74 Å². The summed E-state index contributed by atoms with van der Waals surface area (Å²) in [5, 5.41) is 0. The highest BCUT2D eigenvalue weighted by Gasteiger charge is 2.17. The molecule has 0 radical (unpaired) electrons. The quantitative estimate of drug-likeness (QED) is 0.592. The number of ether oxygens (including phenoxy) is 1. The third-order valence-electron chi connectivity index (χ3n) is 3.02. The van der Waals surface area contributed by atoms with E-state index in [0.717, 1.165) is 30.3 Å². The Balaban J connectivity index is 1.87. The van der Waals surface area contributed by atoms with Crippen molar-refractivity contribution in [1.29, 1.82) is 0 Å². The number of hydrogen-bond acceptors (Lipinski definition) is 5. The molecule has 25 heavy (non-hydrogen) atoms. The van der Waals surface area contributed by atoms with E-state index in [-0.39, 0.29) is 10.5 Å². The van der Waals surface area contributed by atoms with Gasteiger partial charge in [-0.05, 0) is 30.3 Å². The van der Waals surface area contributed by atoms with E-state index < -0.39 is 46.6 Å². The molecule has 0 saturated heterocycles. The Morgan fingerprint density at radius 3 is 2.28 bits per heavy atom. The van der Waals surface area contributed by atoms with Crippen LogP contribution in [0.15, 0.2) is 53.4 Å². The van der Waals surface area contributed by atoms with Crippen LogP contribution in [0.4, 0.5) is 8.78 Å². The van der Waals surface area contributed by atoms with E-state index in [9.17, 15) is 26.8 Å². The lowest BCUT2D eigenvalue weighted by atomic mass is 10.1. The van der Waals surface area contributed by atoms with Crippen molar-refractivity contribution in [1.82, 2.24) is 4.72 Å². The molecule has 6 nitrogen and oxygen atoms in total. The minimum absolute atomic E-state index is 0.0214. The van der Waals surface area contributed by atoms with Gasteiger partial charge < -0.3 is 4.74 Å². The molecule has 0 unspecified atom stereocenters. The van der Waals surface area contributed by atoms with E-state index in [1.54, 1.807) is 0 Å². The van der Waals surface area contributed by atoms with Crippen molar-refractivity contribution < 1.29 is 31.5 Å². The topological polar surface area (TPSA) is 89.5 Å². The molecule has 0 fully saturated rings. The van der Waals surface area contributed by atoms with Crippen LogP contribution >= 0.6 is 0 Å². The third kappa shape index (κ3) is 5.44. The van der Waals surface area contributed by atoms with Gasteiger partial charge in [-0.2, -0.15) is 4.72 Å². The van der Waals surface area contributed by atoms with Crippen LogP contribution in [0.1, 0.15) is 10.4 Å². The molecule has 0 aliphatic carbocycles. The van der Waals surface area contributed by atoms with Gasteiger partial charge in [-0.25, -0.2) is 17.2 Å². The zero-order chi connectivity index (χ0) is 18.4. The lowest BCUT2D eigenvalue weighted by molar-refractivity contribution is -0.141. The van der Waals surface area contributed by atoms with E-state index >= 15 is 0 Å². The molecule has 132 valence electrons. The SMILES string of the molecule is O=C(CNS(=O)(=O)c1cccc(F)c1)OCC(=O)c1cccc(F)c1. The largest absolute Gasteiger partial charge is 0.456 e. The normalized spacial score (nSPS) is 11.1. The average Bonchev–Trinajstić information content (AvgIpc) is 2.58. The van der Waals surface area contributed by atoms with Crippen LogP contribution < -0.4 is 4.72 Å². The van der Waals surface area contributed by atoms with Crippen molar-refractivity contribution in [3.63, 3.8) is 0 Å². The van der Waals surface area contributed by atoms with Crippen molar-refractivity contribution in [3.8, 4) is 0 Å². The monoisotopic (exact) mass is 369 g/mol. The Kier molecular flexibility index (Phi) is 5.94. The third-order valence-corrected chi connectivity index (χ3v) is 4.42. The zero-order valence-corrected chi connectivity index (χ0v) is 13.6. The molecule has 2 aromatic rings. The van der Waals surface area contributed by atoms with Crippen LogP contribution in [0.5, 0.6) is 0 Å². The van der Waals surface area contributed by atoms with Gasteiger partial charge in [-0.3, -0.25) is 9.59 Å². The highest BCUT2D eigenvalue weighted by atomic mass is 32.2. The Labute approximate surface area is 142 Å². The second-order valence-electron chi connectivity index (χ2n) is 4.88. The summed E-state index contributed by atoms with van der Waals surface area (Å²) in [7, 11) is -4.10. The maximum atomic E-state index is 13.0. The summed E-state index contributed by atoms with van der Waals surface area (Å²) in [5.41, 5.74) is 0.0214. The lowest BCUT2D eigenvalue weighted by Crippen LogP contribution is -2.31. The Morgan fingerprint density at radius 2 is 1.64 bits per heavy atom. The summed E-state index contributed by atoms with van der Waals surface area (Å²) >= 11 is 0. The molecule has 0 aliphatic heterocycles. The van der Waals surface area contributed by atoms with E-state index in [4.69, 9.17) is 0 Å². The van der Waals surface area contributed by atoms with Gasteiger partial charge in [0.15, 0.2) is 12.4 Å². The van der Waals surface area contributed by atoms with Crippen LogP contribution in [0.2, 0.25) is 0 Å². The van der Waals surface area contributed by atoms with Gasteiger partial charge in [-0.15, -0.1) is 0 Å². The molecule has 0 amide bonds. The summed E-state index contributed by atoms with van der Waals surface area (Å²) in [4.78, 5) is 22.9. The Bertz CT molecular complexity index is 899. The molecule has 2 aromatic carbocycles. The number of benzene rings is 2. The van der Waals surface area contributed by atoms with Crippen molar-refractivity contribution in [2.24, 2.45) is 0 Å². The summed E-state index contributed by atoms with van der Waals surface area (Å²) in [6.07, 6.45) is 0. The number of Topliss-reactive ketones (excluding diaryl/α,β-unsaturated/α-hetero) is 1. The van der Waals surface area contributed by atoms with Gasteiger partial charge >= 0.3 is 5.97 Å². The first-order chi connectivity index (χ1) is 11.8. The van der Waals surface area contributed by atoms with Gasteiger partial charge in [0, 0.05) is 5.56 Å². The standard InChI is InChI=1S/C16H13F2NO5S/c17-12-4-1-3-11(7-12)15(20)10-24-16(21)9-19-25(22,23)14-6-2-5-13(18)8-14/h1-8,19H,9-10H2.